The molecule has 2 aromatic carbocycles. The van der Waals surface area contributed by atoms with Gasteiger partial charge < -0.3 is 19.5 Å². The molecule has 1 N–H and O–H groups in total. The SMILES string of the molecule is CCOc1ccc(CNCc2ccc(OC)cc2)cc1OC.Cl. The van der Waals surface area contributed by atoms with Gasteiger partial charge in [-0.05, 0) is 42.3 Å². The third kappa shape index (κ3) is 5.66. The van der Waals surface area contributed by atoms with Crippen LogP contribution in [0, 0.1) is 0 Å². The Morgan fingerprint density at radius 3 is 2.09 bits per heavy atom. The Morgan fingerprint density at radius 1 is 0.826 bits per heavy atom. The van der Waals surface area contributed by atoms with Gasteiger partial charge in [0.25, 0.3) is 0 Å². The predicted molar refractivity (Wildman–Crippen MR) is 94.9 cm³/mol. The summed E-state index contributed by atoms with van der Waals surface area (Å²) in [5.74, 6) is 2.43. The first-order valence-electron chi connectivity index (χ1n) is 7.40. The maximum Gasteiger partial charge on any atom is 0.161 e. The average molecular weight is 338 g/mol. The Kier molecular flexibility index (Phi) is 8.30. The Balaban J connectivity index is 0.00000264. The molecule has 2 aromatic rings. The molecule has 0 bridgehead atoms. The van der Waals surface area contributed by atoms with Crippen LogP contribution >= 0.6 is 12.4 Å². The summed E-state index contributed by atoms with van der Waals surface area (Å²) in [4.78, 5) is 0. The lowest BCUT2D eigenvalue weighted by Gasteiger charge is -2.11. The summed E-state index contributed by atoms with van der Waals surface area (Å²) in [7, 11) is 3.33. The molecule has 0 unspecified atom stereocenters. The van der Waals surface area contributed by atoms with Crippen LogP contribution in [0.2, 0.25) is 0 Å². The molecule has 126 valence electrons. The molecular weight excluding hydrogens is 314 g/mol. The molecule has 0 spiro atoms. The quantitative estimate of drug-likeness (QED) is 0.795. The average Bonchev–Trinajstić information content (AvgIpc) is 2.57. The molecular formula is C18H24ClNO3. The van der Waals surface area contributed by atoms with Crippen molar-refractivity contribution in [2.24, 2.45) is 0 Å². The van der Waals surface area contributed by atoms with Gasteiger partial charge in [0.2, 0.25) is 0 Å². The largest absolute Gasteiger partial charge is 0.497 e. The van der Waals surface area contributed by atoms with E-state index in [4.69, 9.17) is 14.2 Å². The van der Waals surface area contributed by atoms with E-state index in [9.17, 15) is 0 Å². The van der Waals surface area contributed by atoms with Gasteiger partial charge in [0.1, 0.15) is 5.75 Å². The van der Waals surface area contributed by atoms with Gasteiger partial charge >= 0.3 is 0 Å². The molecule has 0 heterocycles. The van der Waals surface area contributed by atoms with E-state index in [1.807, 2.05) is 31.2 Å². The fraction of sp³-hybridized carbons (Fsp3) is 0.333. The molecule has 0 saturated heterocycles. The van der Waals surface area contributed by atoms with Crippen LogP contribution in [0.25, 0.3) is 0 Å². The van der Waals surface area contributed by atoms with E-state index in [2.05, 4.69) is 23.5 Å². The van der Waals surface area contributed by atoms with Crippen molar-refractivity contribution >= 4 is 12.4 Å². The molecule has 5 heteroatoms. The summed E-state index contributed by atoms with van der Waals surface area (Å²) in [5.41, 5.74) is 2.38. The number of halogens is 1. The van der Waals surface area contributed by atoms with E-state index < -0.39 is 0 Å². The lowest BCUT2D eigenvalue weighted by atomic mass is 10.2. The Labute approximate surface area is 144 Å². The van der Waals surface area contributed by atoms with E-state index in [0.717, 1.165) is 35.9 Å². The molecule has 0 aliphatic carbocycles. The summed E-state index contributed by atoms with van der Waals surface area (Å²) in [6.45, 7) is 4.17. The van der Waals surface area contributed by atoms with E-state index in [0.29, 0.717) is 6.61 Å². The van der Waals surface area contributed by atoms with Crippen LogP contribution in [0.3, 0.4) is 0 Å². The highest BCUT2D eigenvalue weighted by Gasteiger charge is 2.05. The first-order valence-corrected chi connectivity index (χ1v) is 7.40. The number of methoxy groups -OCH3 is 2. The molecule has 23 heavy (non-hydrogen) atoms. The number of hydrogen-bond acceptors (Lipinski definition) is 4. The fourth-order valence-electron chi connectivity index (χ4n) is 2.19. The monoisotopic (exact) mass is 337 g/mol. The van der Waals surface area contributed by atoms with Crippen LogP contribution in [0.1, 0.15) is 18.1 Å². The van der Waals surface area contributed by atoms with Crippen molar-refractivity contribution < 1.29 is 14.2 Å². The van der Waals surface area contributed by atoms with Crippen molar-refractivity contribution in [1.82, 2.24) is 5.32 Å². The summed E-state index contributed by atoms with van der Waals surface area (Å²) in [6.07, 6.45) is 0. The molecule has 0 atom stereocenters. The smallest absolute Gasteiger partial charge is 0.161 e. The van der Waals surface area contributed by atoms with E-state index in [1.165, 1.54) is 5.56 Å². The number of ether oxygens (including phenoxy) is 3. The van der Waals surface area contributed by atoms with Crippen molar-refractivity contribution in [3.8, 4) is 17.2 Å². The zero-order chi connectivity index (χ0) is 15.8. The van der Waals surface area contributed by atoms with E-state index >= 15 is 0 Å². The molecule has 0 aromatic heterocycles. The van der Waals surface area contributed by atoms with Gasteiger partial charge in [-0.3, -0.25) is 0 Å². The van der Waals surface area contributed by atoms with E-state index in [-0.39, 0.29) is 12.4 Å². The maximum atomic E-state index is 5.52. The highest BCUT2D eigenvalue weighted by molar-refractivity contribution is 5.85. The first kappa shape index (κ1) is 19.1. The third-order valence-electron chi connectivity index (χ3n) is 3.35. The minimum atomic E-state index is 0. The van der Waals surface area contributed by atoms with Gasteiger partial charge in [-0.2, -0.15) is 0 Å². The summed E-state index contributed by atoms with van der Waals surface area (Å²) in [6, 6.07) is 14.1. The van der Waals surface area contributed by atoms with Gasteiger partial charge in [0.05, 0.1) is 20.8 Å². The summed E-state index contributed by atoms with van der Waals surface area (Å²) < 4.78 is 16.0. The summed E-state index contributed by atoms with van der Waals surface area (Å²) >= 11 is 0. The van der Waals surface area contributed by atoms with E-state index in [1.54, 1.807) is 14.2 Å². The minimum absolute atomic E-state index is 0. The number of benzene rings is 2. The number of hydrogen-bond donors (Lipinski definition) is 1. The standard InChI is InChI=1S/C18H23NO3.ClH/c1-4-22-17-10-7-15(11-18(17)21-3)13-19-12-14-5-8-16(20-2)9-6-14;/h5-11,19H,4,12-13H2,1-3H3;1H. The molecule has 2 rings (SSSR count). The van der Waals surface area contributed by atoms with Crippen LogP contribution < -0.4 is 19.5 Å². The molecule has 4 nitrogen and oxygen atoms in total. The van der Waals surface area contributed by atoms with Crippen LogP contribution in [0.5, 0.6) is 17.2 Å². The zero-order valence-corrected chi connectivity index (χ0v) is 14.6. The third-order valence-corrected chi connectivity index (χ3v) is 3.35. The van der Waals surface area contributed by atoms with Crippen LogP contribution in [-0.2, 0) is 13.1 Å². The Hall–Kier alpha value is -1.91. The lowest BCUT2D eigenvalue weighted by Crippen LogP contribution is -2.12. The molecule has 0 aliphatic rings. The molecule has 0 fully saturated rings. The number of nitrogens with one attached hydrogen (secondary N) is 1. The second-order valence-electron chi connectivity index (χ2n) is 4.87. The highest BCUT2D eigenvalue weighted by Crippen LogP contribution is 2.28. The van der Waals surface area contributed by atoms with Gasteiger partial charge in [-0.1, -0.05) is 18.2 Å². The molecule has 0 aliphatic heterocycles. The van der Waals surface area contributed by atoms with Crippen molar-refractivity contribution in [2.75, 3.05) is 20.8 Å². The fourth-order valence-corrected chi connectivity index (χ4v) is 2.19. The maximum absolute atomic E-state index is 5.52. The predicted octanol–water partition coefficient (Wildman–Crippen LogP) is 3.81. The minimum Gasteiger partial charge on any atom is -0.497 e. The first-order chi connectivity index (χ1) is 10.8. The van der Waals surface area contributed by atoms with Crippen LogP contribution in [0.4, 0.5) is 0 Å². The topological polar surface area (TPSA) is 39.7 Å². The Morgan fingerprint density at radius 2 is 1.48 bits per heavy atom. The van der Waals surface area contributed by atoms with Crippen molar-refractivity contribution in [2.45, 2.75) is 20.0 Å². The van der Waals surface area contributed by atoms with Crippen molar-refractivity contribution in [3.63, 3.8) is 0 Å². The normalized spacial score (nSPS) is 9.87. The molecule has 0 amide bonds. The highest BCUT2D eigenvalue weighted by atomic mass is 35.5. The van der Waals surface area contributed by atoms with Crippen LogP contribution in [0.15, 0.2) is 42.5 Å². The molecule has 0 saturated carbocycles. The second kappa shape index (κ2) is 9.98. The van der Waals surface area contributed by atoms with Gasteiger partial charge in [0.15, 0.2) is 11.5 Å². The van der Waals surface area contributed by atoms with Gasteiger partial charge in [-0.25, -0.2) is 0 Å². The Bertz CT molecular complexity index is 587. The number of rotatable bonds is 8. The van der Waals surface area contributed by atoms with Gasteiger partial charge in [0, 0.05) is 13.1 Å². The van der Waals surface area contributed by atoms with Crippen molar-refractivity contribution in [1.29, 1.82) is 0 Å². The van der Waals surface area contributed by atoms with Crippen molar-refractivity contribution in [3.05, 3.63) is 53.6 Å². The lowest BCUT2D eigenvalue weighted by molar-refractivity contribution is 0.310. The van der Waals surface area contributed by atoms with Crippen LogP contribution in [-0.4, -0.2) is 20.8 Å². The summed E-state index contributed by atoms with van der Waals surface area (Å²) in [5, 5.41) is 3.42. The van der Waals surface area contributed by atoms with Gasteiger partial charge in [-0.15, -0.1) is 12.4 Å². The zero-order valence-electron chi connectivity index (χ0n) is 13.8. The second-order valence-corrected chi connectivity index (χ2v) is 4.87. The molecule has 0 radical (unpaired) electrons.